The second kappa shape index (κ2) is 8.16. The van der Waals surface area contributed by atoms with Crippen LogP contribution in [0.3, 0.4) is 0 Å². The molecule has 0 saturated carbocycles. The third-order valence-corrected chi connectivity index (χ3v) is 6.05. The van der Waals surface area contributed by atoms with Crippen molar-refractivity contribution in [1.82, 2.24) is 4.72 Å². The average Bonchev–Trinajstić information content (AvgIpc) is 2.52. The van der Waals surface area contributed by atoms with Gasteiger partial charge in [0.1, 0.15) is 0 Å². The van der Waals surface area contributed by atoms with E-state index in [4.69, 9.17) is 11.6 Å². The molecule has 156 valence electrons. The van der Waals surface area contributed by atoms with Gasteiger partial charge in [0.2, 0.25) is 10.0 Å². The topological polar surface area (TPSA) is 58.5 Å². The van der Waals surface area contributed by atoms with Crippen LogP contribution in [-0.4, -0.2) is 19.1 Å². The molecule has 0 atom stereocenters. The van der Waals surface area contributed by atoms with Crippen LogP contribution in [0.2, 0.25) is 5.02 Å². The summed E-state index contributed by atoms with van der Waals surface area (Å²) in [5.74, 6) is 0. The molecule has 0 aliphatic carbocycles. The van der Waals surface area contributed by atoms with E-state index in [0.717, 1.165) is 6.07 Å². The number of thiocarbonyl (C=S) groups is 1. The maximum Gasteiger partial charge on any atom is 0.417 e. The van der Waals surface area contributed by atoms with Gasteiger partial charge >= 0.3 is 6.18 Å². The van der Waals surface area contributed by atoms with E-state index in [2.05, 4.69) is 21.9 Å². The minimum atomic E-state index is -4.75. The van der Waals surface area contributed by atoms with Crippen molar-refractivity contribution in [2.75, 3.05) is 0 Å². The molecule has 0 amide bonds. The predicted molar refractivity (Wildman–Crippen MR) is 111 cm³/mol. The monoisotopic (exact) mass is 462 g/mol. The Balaban J connectivity index is 2.78. The van der Waals surface area contributed by atoms with Crippen molar-refractivity contribution >= 4 is 44.7 Å². The standard InChI is InChI=1S/C19H18ClF3N2O2S2/c1-11-5-6-12(7-16(11)29(26,27)25-18(2,3)4)17-14(19(21,22)23)8-13(24-10-28)9-15(17)20/h5-9,25H,1-4H3. The summed E-state index contributed by atoms with van der Waals surface area (Å²) in [5.41, 5.74) is -1.86. The second-order valence-corrected chi connectivity index (χ2v) is 9.63. The number of halogens is 4. The first-order valence-electron chi connectivity index (χ1n) is 8.29. The first-order valence-corrected chi connectivity index (χ1v) is 10.6. The fourth-order valence-corrected chi connectivity index (χ4v) is 4.85. The molecular formula is C19H18ClF3N2O2S2. The number of isothiocyanates is 1. The molecule has 0 spiro atoms. The molecule has 2 rings (SSSR count). The smallest absolute Gasteiger partial charge is 0.207 e. The Morgan fingerprint density at radius 1 is 1.14 bits per heavy atom. The lowest BCUT2D eigenvalue weighted by atomic mass is 9.97. The molecule has 0 aromatic heterocycles. The molecule has 2 aromatic carbocycles. The summed E-state index contributed by atoms with van der Waals surface area (Å²) in [6.07, 6.45) is -4.75. The normalized spacial score (nSPS) is 12.6. The SMILES string of the molecule is Cc1ccc(-c2c(Cl)cc(N=C=S)cc2C(F)(F)F)cc1S(=O)(=O)NC(C)(C)C. The van der Waals surface area contributed by atoms with Gasteiger partial charge in [0.05, 0.1) is 26.3 Å². The molecule has 0 bridgehead atoms. The van der Waals surface area contributed by atoms with Crippen molar-refractivity contribution in [3.05, 3.63) is 46.5 Å². The fourth-order valence-electron chi connectivity index (χ4n) is 2.73. The van der Waals surface area contributed by atoms with E-state index in [1.54, 1.807) is 27.7 Å². The number of rotatable bonds is 4. The largest absolute Gasteiger partial charge is 0.417 e. The van der Waals surface area contributed by atoms with Gasteiger partial charge in [-0.1, -0.05) is 23.7 Å². The zero-order valence-corrected chi connectivity index (χ0v) is 18.4. The third-order valence-electron chi connectivity index (χ3n) is 3.76. The quantitative estimate of drug-likeness (QED) is 0.438. The Bertz CT molecular complexity index is 1100. The summed E-state index contributed by atoms with van der Waals surface area (Å²) in [6.45, 7) is 6.55. The number of aryl methyl sites for hydroxylation is 1. The summed E-state index contributed by atoms with van der Waals surface area (Å²) in [4.78, 5) is 3.43. The number of nitrogens with zero attached hydrogens (tertiary/aromatic N) is 1. The molecule has 0 heterocycles. The van der Waals surface area contributed by atoms with E-state index >= 15 is 0 Å². The molecule has 4 nitrogen and oxygen atoms in total. The highest BCUT2D eigenvalue weighted by Gasteiger charge is 2.36. The number of nitrogens with one attached hydrogen (secondary N) is 1. The van der Waals surface area contributed by atoms with Gasteiger partial charge in [0.15, 0.2) is 0 Å². The van der Waals surface area contributed by atoms with Crippen molar-refractivity contribution in [2.45, 2.75) is 44.3 Å². The fraction of sp³-hybridized carbons (Fsp3) is 0.316. The van der Waals surface area contributed by atoms with Gasteiger partial charge in [-0.3, -0.25) is 0 Å². The van der Waals surface area contributed by atoms with Gasteiger partial charge in [0, 0.05) is 11.1 Å². The van der Waals surface area contributed by atoms with Crippen LogP contribution < -0.4 is 4.72 Å². The Morgan fingerprint density at radius 3 is 2.28 bits per heavy atom. The Kier molecular flexibility index (Phi) is 6.62. The molecule has 0 radical (unpaired) electrons. The first kappa shape index (κ1) is 23.5. The van der Waals surface area contributed by atoms with E-state index in [9.17, 15) is 21.6 Å². The van der Waals surface area contributed by atoms with Gasteiger partial charge in [0.25, 0.3) is 0 Å². The van der Waals surface area contributed by atoms with Crippen LogP contribution in [0.15, 0.2) is 40.2 Å². The van der Waals surface area contributed by atoms with Gasteiger partial charge in [-0.2, -0.15) is 18.2 Å². The lowest BCUT2D eigenvalue weighted by Crippen LogP contribution is -2.40. The first-order chi connectivity index (χ1) is 13.2. The van der Waals surface area contributed by atoms with E-state index in [-0.39, 0.29) is 26.7 Å². The van der Waals surface area contributed by atoms with Gasteiger partial charge < -0.3 is 0 Å². The zero-order valence-electron chi connectivity index (χ0n) is 16.0. The van der Waals surface area contributed by atoms with Crippen molar-refractivity contribution in [3.8, 4) is 11.1 Å². The van der Waals surface area contributed by atoms with E-state index in [1.165, 1.54) is 24.3 Å². The highest BCUT2D eigenvalue weighted by Crippen LogP contribution is 2.44. The lowest BCUT2D eigenvalue weighted by molar-refractivity contribution is -0.137. The lowest BCUT2D eigenvalue weighted by Gasteiger charge is -2.22. The van der Waals surface area contributed by atoms with E-state index in [0.29, 0.717) is 5.56 Å². The minimum absolute atomic E-state index is 0.0140. The maximum atomic E-state index is 13.7. The summed E-state index contributed by atoms with van der Waals surface area (Å²) in [5, 5.41) is 1.77. The molecule has 0 aliphatic heterocycles. The molecular weight excluding hydrogens is 445 g/mol. The van der Waals surface area contributed by atoms with Crippen LogP contribution in [0.5, 0.6) is 0 Å². The van der Waals surface area contributed by atoms with Gasteiger partial charge in [-0.25, -0.2) is 13.1 Å². The highest BCUT2D eigenvalue weighted by molar-refractivity contribution is 7.89. The number of alkyl halides is 3. The van der Waals surface area contributed by atoms with Crippen LogP contribution in [0.25, 0.3) is 11.1 Å². The molecule has 0 unspecified atom stereocenters. The number of aliphatic imine (C=N–C) groups is 1. The van der Waals surface area contributed by atoms with E-state index < -0.39 is 27.3 Å². The van der Waals surface area contributed by atoms with Crippen LogP contribution in [0.4, 0.5) is 18.9 Å². The van der Waals surface area contributed by atoms with Crippen LogP contribution in [0.1, 0.15) is 31.9 Å². The third kappa shape index (κ3) is 5.65. The molecule has 2 aromatic rings. The van der Waals surface area contributed by atoms with Crippen LogP contribution >= 0.6 is 23.8 Å². The highest BCUT2D eigenvalue weighted by atomic mass is 35.5. The average molecular weight is 463 g/mol. The van der Waals surface area contributed by atoms with Crippen molar-refractivity contribution in [3.63, 3.8) is 0 Å². The van der Waals surface area contributed by atoms with Crippen molar-refractivity contribution in [2.24, 2.45) is 4.99 Å². The number of sulfonamides is 1. The van der Waals surface area contributed by atoms with Crippen LogP contribution in [-0.2, 0) is 16.2 Å². The number of hydrogen-bond donors (Lipinski definition) is 1. The maximum absolute atomic E-state index is 13.7. The van der Waals surface area contributed by atoms with Crippen molar-refractivity contribution < 1.29 is 21.6 Å². The summed E-state index contributed by atoms with van der Waals surface area (Å²) >= 11 is 10.6. The molecule has 29 heavy (non-hydrogen) atoms. The summed E-state index contributed by atoms with van der Waals surface area (Å²) in [6, 6.07) is 6.02. The molecule has 1 N–H and O–H groups in total. The number of benzene rings is 2. The Labute approximate surface area is 177 Å². The predicted octanol–water partition coefficient (Wildman–Crippen LogP) is 6.15. The molecule has 0 aliphatic rings. The van der Waals surface area contributed by atoms with E-state index in [1.807, 2.05) is 5.16 Å². The summed E-state index contributed by atoms with van der Waals surface area (Å²) in [7, 11) is -3.97. The zero-order chi connectivity index (χ0) is 22.2. The Hall–Kier alpha value is -1.77. The Morgan fingerprint density at radius 2 is 1.76 bits per heavy atom. The molecule has 0 fully saturated rings. The van der Waals surface area contributed by atoms with Crippen molar-refractivity contribution in [1.29, 1.82) is 0 Å². The number of hydrogen-bond acceptors (Lipinski definition) is 4. The van der Waals surface area contributed by atoms with Crippen LogP contribution in [0, 0.1) is 6.92 Å². The minimum Gasteiger partial charge on any atom is -0.207 e. The second-order valence-electron chi connectivity index (χ2n) is 7.39. The molecule has 0 saturated heterocycles. The van der Waals surface area contributed by atoms with Gasteiger partial charge in [-0.05, 0) is 69.2 Å². The molecule has 10 heteroatoms. The summed E-state index contributed by atoms with van der Waals surface area (Å²) < 4.78 is 69.1. The van der Waals surface area contributed by atoms with Gasteiger partial charge in [-0.15, -0.1) is 0 Å².